The molecule has 3 aromatic carbocycles. The van der Waals surface area contributed by atoms with Gasteiger partial charge >= 0.3 is 5.97 Å². The summed E-state index contributed by atoms with van der Waals surface area (Å²) >= 11 is 6.24. The van der Waals surface area contributed by atoms with Crippen molar-refractivity contribution in [2.24, 2.45) is 0 Å². The second-order valence-electron chi connectivity index (χ2n) is 8.26. The summed E-state index contributed by atoms with van der Waals surface area (Å²) in [5.74, 6) is -1.16. The van der Waals surface area contributed by atoms with Gasteiger partial charge < -0.3 is 10.1 Å². The van der Waals surface area contributed by atoms with E-state index in [1.807, 2.05) is 52.0 Å². The summed E-state index contributed by atoms with van der Waals surface area (Å²) < 4.78 is 5.45. The fraction of sp³-hybridized carbons (Fsp3) is 0.148. The number of ether oxygens (including phenoxy) is 1. The van der Waals surface area contributed by atoms with Gasteiger partial charge in [-0.05, 0) is 92.4 Å². The smallest absolute Gasteiger partial charge is 0.343 e. The lowest BCUT2D eigenvalue weighted by Gasteiger charge is -2.18. The van der Waals surface area contributed by atoms with E-state index in [1.165, 1.54) is 0 Å². The fourth-order valence-electron chi connectivity index (χ4n) is 3.57. The number of nitrogens with zero attached hydrogens (tertiary/aromatic N) is 1. The Morgan fingerprint density at radius 2 is 1.50 bits per heavy atom. The van der Waals surface area contributed by atoms with Crippen molar-refractivity contribution in [3.05, 3.63) is 99.2 Å². The normalized spacial score (nSPS) is 13.5. The Morgan fingerprint density at radius 3 is 2.18 bits per heavy atom. The first kappa shape index (κ1) is 23.3. The van der Waals surface area contributed by atoms with E-state index in [2.05, 4.69) is 5.32 Å². The largest absolute Gasteiger partial charge is 0.423 e. The number of esters is 1. The van der Waals surface area contributed by atoms with Gasteiger partial charge in [0.25, 0.3) is 11.8 Å². The molecule has 0 unspecified atom stereocenters. The van der Waals surface area contributed by atoms with Gasteiger partial charge in [0.15, 0.2) is 0 Å². The highest BCUT2D eigenvalue weighted by atomic mass is 35.5. The molecule has 0 radical (unpaired) electrons. The van der Waals surface area contributed by atoms with Gasteiger partial charge in [0.05, 0.1) is 11.3 Å². The number of aryl methyl sites for hydroxylation is 4. The van der Waals surface area contributed by atoms with Crippen LogP contribution in [0.15, 0.2) is 71.4 Å². The number of imide groups is 1. The molecule has 0 aromatic heterocycles. The summed E-state index contributed by atoms with van der Waals surface area (Å²) in [6.07, 6.45) is 0. The molecule has 0 spiro atoms. The lowest BCUT2D eigenvalue weighted by atomic mass is 10.1. The van der Waals surface area contributed by atoms with E-state index in [0.717, 1.165) is 27.2 Å². The average Bonchev–Trinajstić information content (AvgIpc) is 3.01. The van der Waals surface area contributed by atoms with Crippen LogP contribution in [0.3, 0.4) is 0 Å². The van der Waals surface area contributed by atoms with Crippen LogP contribution < -0.4 is 15.0 Å². The topological polar surface area (TPSA) is 75.7 Å². The van der Waals surface area contributed by atoms with Gasteiger partial charge in [0.2, 0.25) is 0 Å². The van der Waals surface area contributed by atoms with E-state index in [4.69, 9.17) is 16.3 Å². The maximum Gasteiger partial charge on any atom is 0.343 e. The van der Waals surface area contributed by atoms with Crippen molar-refractivity contribution in [3.63, 3.8) is 0 Å². The highest BCUT2D eigenvalue weighted by Crippen LogP contribution is 2.32. The first-order valence-electron chi connectivity index (χ1n) is 10.7. The molecular formula is C27H23ClN2O4. The molecule has 1 heterocycles. The first-order chi connectivity index (χ1) is 16.2. The van der Waals surface area contributed by atoms with Crippen LogP contribution in [0.2, 0.25) is 0 Å². The lowest BCUT2D eigenvalue weighted by Crippen LogP contribution is -2.32. The molecular weight excluding hydrogens is 452 g/mol. The molecule has 2 amide bonds. The van der Waals surface area contributed by atoms with Gasteiger partial charge in [0, 0.05) is 5.69 Å². The van der Waals surface area contributed by atoms with Crippen LogP contribution in [0.5, 0.6) is 5.75 Å². The molecule has 0 saturated carbocycles. The highest BCUT2D eigenvalue weighted by Gasteiger charge is 2.39. The number of anilines is 2. The van der Waals surface area contributed by atoms with Gasteiger partial charge in [-0.2, -0.15) is 0 Å². The zero-order valence-electron chi connectivity index (χ0n) is 19.2. The molecule has 1 aliphatic rings. The van der Waals surface area contributed by atoms with E-state index >= 15 is 0 Å². The first-order valence-corrected chi connectivity index (χ1v) is 11.1. The number of hydrogen-bond donors (Lipinski definition) is 1. The minimum absolute atomic E-state index is 0.0157. The third-order valence-corrected chi connectivity index (χ3v) is 6.06. The quantitative estimate of drug-likeness (QED) is 0.297. The van der Waals surface area contributed by atoms with Gasteiger partial charge in [-0.15, -0.1) is 0 Å². The Labute approximate surface area is 202 Å². The molecule has 0 saturated heterocycles. The Balaban J connectivity index is 1.50. The van der Waals surface area contributed by atoms with Crippen molar-refractivity contribution in [1.82, 2.24) is 0 Å². The van der Waals surface area contributed by atoms with Crippen molar-refractivity contribution < 1.29 is 19.1 Å². The summed E-state index contributed by atoms with van der Waals surface area (Å²) in [5, 5.41) is 2.73. The number of halogens is 1. The third kappa shape index (κ3) is 4.45. The Kier molecular flexibility index (Phi) is 6.26. The molecule has 0 atom stereocenters. The Hall–Kier alpha value is -3.90. The Morgan fingerprint density at radius 1 is 0.824 bits per heavy atom. The summed E-state index contributed by atoms with van der Waals surface area (Å²) in [6.45, 7) is 7.64. The SMILES string of the molecule is Cc1ccc(C)c(N2C(=O)C(Cl)=C(Nc3ccc(C(=O)Oc4ccc(C)c(C)c4)cc3)C2=O)c1. The minimum Gasteiger partial charge on any atom is -0.423 e. The molecule has 1 aliphatic heterocycles. The van der Waals surface area contributed by atoms with Crippen molar-refractivity contribution in [3.8, 4) is 5.75 Å². The molecule has 4 rings (SSSR count). The van der Waals surface area contributed by atoms with Crippen LogP contribution in [0.25, 0.3) is 0 Å². The predicted octanol–water partition coefficient (Wildman–Crippen LogP) is 5.58. The monoisotopic (exact) mass is 474 g/mol. The van der Waals surface area contributed by atoms with Crippen LogP contribution in [0.4, 0.5) is 11.4 Å². The molecule has 0 fully saturated rings. The highest BCUT2D eigenvalue weighted by molar-refractivity contribution is 6.53. The van der Waals surface area contributed by atoms with E-state index in [9.17, 15) is 14.4 Å². The number of carbonyl (C=O) groups is 3. The van der Waals surface area contributed by atoms with Crippen LogP contribution in [-0.4, -0.2) is 17.8 Å². The van der Waals surface area contributed by atoms with Crippen LogP contribution >= 0.6 is 11.6 Å². The Bertz CT molecular complexity index is 1360. The summed E-state index contributed by atoms with van der Waals surface area (Å²) in [5.41, 5.74) is 5.16. The second-order valence-corrected chi connectivity index (χ2v) is 8.64. The lowest BCUT2D eigenvalue weighted by molar-refractivity contribution is -0.120. The standard InChI is InChI=1S/C27H23ClN2O4/c1-15-5-6-17(3)22(13-15)30-25(31)23(28)24(26(30)32)29-20-10-8-19(9-11-20)27(33)34-21-12-7-16(2)18(4)14-21/h5-14,29H,1-4H3. The number of rotatable bonds is 5. The number of benzene rings is 3. The van der Waals surface area contributed by atoms with Crippen molar-refractivity contribution >= 4 is 40.8 Å². The van der Waals surface area contributed by atoms with Gasteiger partial charge in [-0.25, -0.2) is 9.69 Å². The van der Waals surface area contributed by atoms with E-state index in [0.29, 0.717) is 22.7 Å². The van der Waals surface area contributed by atoms with Crippen molar-refractivity contribution in [1.29, 1.82) is 0 Å². The maximum atomic E-state index is 13.1. The summed E-state index contributed by atoms with van der Waals surface area (Å²) in [6, 6.07) is 17.4. The molecule has 3 aromatic rings. The molecule has 34 heavy (non-hydrogen) atoms. The van der Waals surface area contributed by atoms with Gasteiger partial charge in [-0.1, -0.05) is 29.8 Å². The molecule has 6 nitrogen and oxygen atoms in total. The molecule has 1 N–H and O–H groups in total. The van der Waals surface area contributed by atoms with E-state index in [1.54, 1.807) is 36.4 Å². The number of amides is 2. The third-order valence-electron chi connectivity index (χ3n) is 5.71. The average molecular weight is 475 g/mol. The molecule has 0 aliphatic carbocycles. The van der Waals surface area contributed by atoms with E-state index in [-0.39, 0.29) is 10.7 Å². The summed E-state index contributed by atoms with van der Waals surface area (Å²) in [7, 11) is 0. The second kappa shape index (κ2) is 9.15. The summed E-state index contributed by atoms with van der Waals surface area (Å²) in [4.78, 5) is 39.4. The van der Waals surface area contributed by atoms with E-state index < -0.39 is 17.8 Å². The fourth-order valence-corrected chi connectivity index (χ4v) is 3.78. The van der Waals surface area contributed by atoms with Crippen molar-refractivity contribution in [2.45, 2.75) is 27.7 Å². The maximum absolute atomic E-state index is 13.1. The number of hydrogen-bond acceptors (Lipinski definition) is 5. The van der Waals surface area contributed by atoms with Crippen LogP contribution in [0.1, 0.15) is 32.6 Å². The minimum atomic E-state index is -0.587. The van der Waals surface area contributed by atoms with Gasteiger partial charge in [-0.3, -0.25) is 9.59 Å². The zero-order valence-corrected chi connectivity index (χ0v) is 20.0. The molecule has 0 bridgehead atoms. The predicted molar refractivity (Wildman–Crippen MR) is 132 cm³/mol. The van der Waals surface area contributed by atoms with Crippen LogP contribution in [0, 0.1) is 27.7 Å². The zero-order chi connectivity index (χ0) is 24.6. The molecule has 7 heteroatoms. The van der Waals surface area contributed by atoms with Gasteiger partial charge in [0.1, 0.15) is 16.5 Å². The number of nitrogens with one attached hydrogen (secondary N) is 1. The van der Waals surface area contributed by atoms with Crippen molar-refractivity contribution in [2.75, 3.05) is 10.2 Å². The number of carbonyl (C=O) groups excluding carboxylic acids is 3. The van der Waals surface area contributed by atoms with Crippen LogP contribution in [-0.2, 0) is 9.59 Å². The molecule has 172 valence electrons.